The quantitative estimate of drug-likeness (QED) is 0.866. The predicted molar refractivity (Wildman–Crippen MR) is 70.5 cm³/mol. The minimum Gasteiger partial charge on any atom is -0.334 e. The van der Waals surface area contributed by atoms with Crippen LogP contribution >= 0.6 is 0 Å². The standard InChI is InChI=1S/C14H14F2N4O/c1-19(8-12-18-17-11-6-3-7-20(11)12)14(21)9-4-2-5-10(15)13(9)16/h2,4-5H,3,6-8H2,1H3. The number of hydrogen-bond acceptors (Lipinski definition) is 3. The largest absolute Gasteiger partial charge is 0.334 e. The van der Waals surface area contributed by atoms with E-state index >= 15 is 0 Å². The Morgan fingerprint density at radius 3 is 3.00 bits per heavy atom. The average Bonchev–Trinajstić information content (AvgIpc) is 3.06. The third kappa shape index (κ3) is 2.39. The van der Waals surface area contributed by atoms with Gasteiger partial charge in [0.05, 0.1) is 12.1 Å². The van der Waals surface area contributed by atoms with Gasteiger partial charge in [-0.3, -0.25) is 4.79 Å². The molecule has 1 aromatic heterocycles. The summed E-state index contributed by atoms with van der Waals surface area (Å²) in [5.41, 5.74) is -0.279. The molecule has 1 aliphatic rings. The van der Waals surface area contributed by atoms with Gasteiger partial charge in [0.15, 0.2) is 17.5 Å². The molecule has 110 valence electrons. The third-order valence-electron chi connectivity index (χ3n) is 3.59. The van der Waals surface area contributed by atoms with E-state index in [0.717, 1.165) is 31.3 Å². The Morgan fingerprint density at radius 2 is 2.19 bits per heavy atom. The monoisotopic (exact) mass is 292 g/mol. The number of benzene rings is 1. The van der Waals surface area contributed by atoms with Crippen molar-refractivity contribution in [2.75, 3.05) is 7.05 Å². The second kappa shape index (κ2) is 5.23. The van der Waals surface area contributed by atoms with Crippen LogP contribution in [-0.2, 0) is 19.5 Å². The summed E-state index contributed by atoms with van der Waals surface area (Å²) >= 11 is 0. The van der Waals surface area contributed by atoms with Gasteiger partial charge < -0.3 is 9.47 Å². The first kappa shape index (κ1) is 13.7. The van der Waals surface area contributed by atoms with E-state index in [1.165, 1.54) is 24.1 Å². The highest BCUT2D eigenvalue weighted by atomic mass is 19.2. The van der Waals surface area contributed by atoms with E-state index in [-0.39, 0.29) is 12.1 Å². The molecular weight excluding hydrogens is 278 g/mol. The van der Waals surface area contributed by atoms with E-state index in [1.807, 2.05) is 4.57 Å². The fourth-order valence-electron chi connectivity index (χ4n) is 2.49. The minimum atomic E-state index is -1.12. The van der Waals surface area contributed by atoms with Crippen LogP contribution in [0, 0.1) is 11.6 Å². The molecule has 5 nitrogen and oxygen atoms in total. The van der Waals surface area contributed by atoms with Crippen molar-refractivity contribution in [1.82, 2.24) is 19.7 Å². The molecule has 0 atom stereocenters. The fraction of sp³-hybridized carbons (Fsp3) is 0.357. The van der Waals surface area contributed by atoms with Gasteiger partial charge in [0.25, 0.3) is 5.91 Å². The van der Waals surface area contributed by atoms with Crippen LogP contribution in [0.3, 0.4) is 0 Å². The predicted octanol–water partition coefficient (Wildman–Crippen LogP) is 1.77. The lowest BCUT2D eigenvalue weighted by atomic mass is 10.2. The molecule has 0 radical (unpaired) electrons. The lowest BCUT2D eigenvalue weighted by Crippen LogP contribution is -2.28. The summed E-state index contributed by atoms with van der Waals surface area (Å²) in [4.78, 5) is 13.5. The Kier molecular flexibility index (Phi) is 3.40. The number of aromatic nitrogens is 3. The molecule has 0 saturated carbocycles. The molecule has 0 unspecified atom stereocenters. The van der Waals surface area contributed by atoms with Crippen molar-refractivity contribution in [3.8, 4) is 0 Å². The smallest absolute Gasteiger partial charge is 0.257 e. The number of amides is 1. The molecule has 2 aromatic rings. The summed E-state index contributed by atoms with van der Waals surface area (Å²) in [6.45, 7) is 1.04. The maximum absolute atomic E-state index is 13.7. The fourth-order valence-corrected chi connectivity index (χ4v) is 2.49. The third-order valence-corrected chi connectivity index (χ3v) is 3.59. The summed E-state index contributed by atoms with van der Waals surface area (Å²) in [6, 6.07) is 3.57. The molecule has 7 heteroatoms. The van der Waals surface area contributed by atoms with Crippen LogP contribution in [0.25, 0.3) is 0 Å². The molecule has 0 spiro atoms. The lowest BCUT2D eigenvalue weighted by Gasteiger charge is -2.17. The number of fused-ring (bicyclic) bond motifs is 1. The van der Waals surface area contributed by atoms with Crippen LogP contribution in [0.15, 0.2) is 18.2 Å². The van der Waals surface area contributed by atoms with Crippen LogP contribution in [-0.4, -0.2) is 32.6 Å². The summed E-state index contributed by atoms with van der Waals surface area (Å²) in [7, 11) is 1.53. The lowest BCUT2D eigenvalue weighted by molar-refractivity contribution is 0.0774. The molecule has 1 amide bonds. The van der Waals surface area contributed by atoms with Crippen LogP contribution in [0.2, 0.25) is 0 Å². The van der Waals surface area contributed by atoms with Gasteiger partial charge >= 0.3 is 0 Å². The van der Waals surface area contributed by atoms with Gasteiger partial charge in [-0.05, 0) is 18.6 Å². The van der Waals surface area contributed by atoms with Crippen molar-refractivity contribution in [2.45, 2.75) is 25.9 Å². The molecule has 2 heterocycles. The summed E-state index contributed by atoms with van der Waals surface area (Å²) in [6.07, 6.45) is 1.89. The van der Waals surface area contributed by atoms with E-state index in [0.29, 0.717) is 5.82 Å². The Labute approximate surface area is 120 Å². The number of carbonyl (C=O) groups excluding carboxylic acids is 1. The van der Waals surface area contributed by atoms with E-state index in [2.05, 4.69) is 10.2 Å². The summed E-state index contributed by atoms with van der Waals surface area (Å²) in [5, 5.41) is 8.10. The number of nitrogens with zero attached hydrogens (tertiary/aromatic N) is 4. The first-order valence-electron chi connectivity index (χ1n) is 6.68. The topological polar surface area (TPSA) is 51.0 Å². The normalized spacial score (nSPS) is 13.3. The molecule has 0 bridgehead atoms. The Hall–Kier alpha value is -2.31. The van der Waals surface area contributed by atoms with Crippen molar-refractivity contribution in [3.05, 3.63) is 47.0 Å². The summed E-state index contributed by atoms with van der Waals surface area (Å²) in [5.74, 6) is -1.17. The van der Waals surface area contributed by atoms with E-state index in [4.69, 9.17) is 0 Å². The Bertz CT molecular complexity index is 698. The second-order valence-electron chi connectivity index (χ2n) is 5.05. The number of aryl methyl sites for hydroxylation is 1. The van der Waals surface area contributed by atoms with Gasteiger partial charge in [-0.25, -0.2) is 8.78 Å². The molecule has 1 aliphatic heterocycles. The molecular formula is C14H14F2N4O. The zero-order chi connectivity index (χ0) is 15.0. The number of carbonyl (C=O) groups is 1. The first-order valence-corrected chi connectivity index (χ1v) is 6.68. The second-order valence-corrected chi connectivity index (χ2v) is 5.05. The number of halogens is 2. The van der Waals surface area contributed by atoms with Crippen molar-refractivity contribution >= 4 is 5.91 Å². The van der Waals surface area contributed by atoms with Gasteiger partial charge in [-0.1, -0.05) is 6.07 Å². The van der Waals surface area contributed by atoms with E-state index in [9.17, 15) is 13.6 Å². The van der Waals surface area contributed by atoms with Gasteiger partial charge in [0.2, 0.25) is 0 Å². The van der Waals surface area contributed by atoms with Crippen molar-refractivity contribution < 1.29 is 13.6 Å². The van der Waals surface area contributed by atoms with Gasteiger partial charge in [0.1, 0.15) is 5.82 Å². The average molecular weight is 292 g/mol. The van der Waals surface area contributed by atoms with E-state index in [1.54, 1.807) is 0 Å². The maximum Gasteiger partial charge on any atom is 0.257 e. The SMILES string of the molecule is CN(Cc1nnc2n1CCC2)C(=O)c1cccc(F)c1F. The highest BCUT2D eigenvalue weighted by Gasteiger charge is 2.22. The Balaban J connectivity index is 1.80. The summed E-state index contributed by atoms with van der Waals surface area (Å²) < 4.78 is 28.8. The molecule has 0 aliphatic carbocycles. The van der Waals surface area contributed by atoms with Crippen LogP contribution in [0.5, 0.6) is 0 Å². The maximum atomic E-state index is 13.7. The van der Waals surface area contributed by atoms with Crippen molar-refractivity contribution in [2.24, 2.45) is 0 Å². The van der Waals surface area contributed by atoms with Crippen LogP contribution < -0.4 is 0 Å². The number of rotatable bonds is 3. The first-order chi connectivity index (χ1) is 10.1. The Morgan fingerprint density at radius 1 is 1.38 bits per heavy atom. The van der Waals surface area contributed by atoms with Crippen LogP contribution in [0.1, 0.15) is 28.4 Å². The van der Waals surface area contributed by atoms with Gasteiger partial charge in [-0.2, -0.15) is 0 Å². The highest BCUT2D eigenvalue weighted by molar-refractivity contribution is 5.94. The zero-order valence-corrected chi connectivity index (χ0v) is 11.5. The van der Waals surface area contributed by atoms with Crippen molar-refractivity contribution in [1.29, 1.82) is 0 Å². The van der Waals surface area contributed by atoms with E-state index < -0.39 is 17.5 Å². The molecule has 0 N–H and O–H groups in total. The molecule has 3 rings (SSSR count). The molecule has 0 saturated heterocycles. The number of hydrogen-bond donors (Lipinski definition) is 0. The highest BCUT2D eigenvalue weighted by Crippen LogP contribution is 2.17. The zero-order valence-electron chi connectivity index (χ0n) is 11.5. The van der Waals surface area contributed by atoms with Gasteiger partial charge in [0, 0.05) is 20.0 Å². The van der Waals surface area contributed by atoms with Gasteiger partial charge in [-0.15, -0.1) is 10.2 Å². The van der Waals surface area contributed by atoms with Crippen LogP contribution in [0.4, 0.5) is 8.78 Å². The molecule has 0 fully saturated rings. The van der Waals surface area contributed by atoms with Crippen molar-refractivity contribution in [3.63, 3.8) is 0 Å². The molecule has 1 aromatic carbocycles. The molecule has 21 heavy (non-hydrogen) atoms. The minimum absolute atomic E-state index is 0.210.